The van der Waals surface area contributed by atoms with Gasteiger partial charge in [-0.1, -0.05) is 56.3 Å². The number of hydrogen-bond acceptors (Lipinski definition) is 4. The van der Waals surface area contributed by atoms with E-state index in [9.17, 15) is 22.4 Å². The van der Waals surface area contributed by atoms with E-state index in [2.05, 4.69) is 5.32 Å². The van der Waals surface area contributed by atoms with Crippen LogP contribution in [-0.2, 0) is 26.3 Å². The van der Waals surface area contributed by atoms with Crippen LogP contribution in [0.3, 0.4) is 0 Å². The summed E-state index contributed by atoms with van der Waals surface area (Å²) in [5, 5.41) is 2.81. The maximum atomic E-state index is 14.6. The molecule has 0 spiro atoms. The minimum atomic E-state index is -4.20. The molecule has 0 saturated heterocycles. The number of carbonyl (C=O) groups excluding carboxylic acids is 2. The lowest BCUT2D eigenvalue weighted by molar-refractivity contribution is -0.140. The van der Waals surface area contributed by atoms with Crippen LogP contribution in [0.2, 0.25) is 0 Å². The lowest BCUT2D eigenvalue weighted by atomic mass is 10.1. The maximum absolute atomic E-state index is 14.6. The van der Waals surface area contributed by atoms with Crippen molar-refractivity contribution >= 4 is 27.7 Å². The zero-order valence-electron chi connectivity index (χ0n) is 20.1. The molecular weight excluding hydrogens is 459 g/mol. The summed E-state index contributed by atoms with van der Waals surface area (Å²) in [6.45, 7) is 3.61. The van der Waals surface area contributed by atoms with Crippen LogP contribution in [0.4, 0.5) is 10.1 Å². The van der Waals surface area contributed by atoms with E-state index in [1.807, 2.05) is 37.3 Å². The Morgan fingerprint density at radius 1 is 1.00 bits per heavy atom. The summed E-state index contributed by atoms with van der Waals surface area (Å²) < 4.78 is 42.4. The lowest BCUT2D eigenvalue weighted by Gasteiger charge is -2.34. The molecule has 0 bridgehead atoms. The van der Waals surface area contributed by atoms with Gasteiger partial charge in [-0.2, -0.15) is 12.7 Å². The maximum Gasteiger partial charge on any atom is 0.304 e. The third-order valence-electron chi connectivity index (χ3n) is 5.27. The second-order valence-electron chi connectivity index (χ2n) is 7.97. The van der Waals surface area contributed by atoms with Gasteiger partial charge in [-0.05, 0) is 30.5 Å². The third-order valence-corrected chi connectivity index (χ3v) is 7.08. The van der Waals surface area contributed by atoms with E-state index in [4.69, 9.17) is 0 Å². The highest BCUT2D eigenvalue weighted by Crippen LogP contribution is 2.24. The molecular formula is C24H33FN4O4S. The van der Waals surface area contributed by atoms with Crippen LogP contribution in [0.25, 0.3) is 0 Å². The second kappa shape index (κ2) is 12.5. The first-order chi connectivity index (χ1) is 16.1. The van der Waals surface area contributed by atoms with Crippen molar-refractivity contribution in [1.29, 1.82) is 0 Å². The zero-order valence-corrected chi connectivity index (χ0v) is 20.9. The first kappa shape index (κ1) is 27.3. The van der Waals surface area contributed by atoms with Crippen molar-refractivity contribution in [1.82, 2.24) is 14.5 Å². The van der Waals surface area contributed by atoms with Crippen LogP contribution in [0.15, 0.2) is 54.6 Å². The van der Waals surface area contributed by atoms with Gasteiger partial charge in [0.25, 0.3) is 0 Å². The zero-order chi connectivity index (χ0) is 25.3. The van der Waals surface area contributed by atoms with Crippen molar-refractivity contribution in [3.05, 3.63) is 66.0 Å². The van der Waals surface area contributed by atoms with Crippen molar-refractivity contribution in [3.8, 4) is 0 Å². The minimum absolute atomic E-state index is 0.102. The second-order valence-corrected chi connectivity index (χ2v) is 10.0. The van der Waals surface area contributed by atoms with Crippen LogP contribution in [0, 0.1) is 5.82 Å². The molecule has 10 heteroatoms. The Morgan fingerprint density at radius 3 is 2.18 bits per heavy atom. The summed E-state index contributed by atoms with van der Waals surface area (Å²) in [5.41, 5.74) is 0.540. The fourth-order valence-corrected chi connectivity index (χ4v) is 4.49. The smallest absolute Gasteiger partial charge is 0.304 e. The number of halogens is 1. The Kier molecular flexibility index (Phi) is 10.0. The monoisotopic (exact) mass is 492 g/mol. The van der Waals surface area contributed by atoms with Crippen molar-refractivity contribution in [2.75, 3.05) is 31.5 Å². The third kappa shape index (κ3) is 6.77. The van der Waals surface area contributed by atoms with Crippen LogP contribution >= 0.6 is 0 Å². The minimum Gasteiger partial charge on any atom is -0.354 e. The summed E-state index contributed by atoms with van der Waals surface area (Å²) in [7, 11) is -1.59. The molecule has 0 aliphatic carbocycles. The molecule has 2 aromatic carbocycles. The number of para-hydroxylation sites is 1. The number of hydrogen-bond donors (Lipinski definition) is 1. The molecule has 186 valence electrons. The highest BCUT2D eigenvalue weighted by molar-refractivity contribution is 7.90. The van der Waals surface area contributed by atoms with E-state index in [-0.39, 0.29) is 18.1 Å². The van der Waals surface area contributed by atoms with Crippen LogP contribution < -0.4 is 9.62 Å². The van der Waals surface area contributed by atoms with Gasteiger partial charge in [-0.3, -0.25) is 9.59 Å². The summed E-state index contributed by atoms with van der Waals surface area (Å²) in [5.74, 6) is -1.71. The summed E-state index contributed by atoms with van der Waals surface area (Å²) in [4.78, 5) is 27.8. The molecule has 0 aromatic heterocycles. The highest BCUT2D eigenvalue weighted by Gasteiger charge is 2.34. The molecule has 1 atom stereocenters. The first-order valence-electron chi connectivity index (χ1n) is 11.2. The topological polar surface area (TPSA) is 90.0 Å². The molecule has 2 amide bonds. The molecule has 1 N–H and O–H groups in total. The molecule has 0 aliphatic heterocycles. The molecule has 2 aromatic rings. The summed E-state index contributed by atoms with van der Waals surface area (Å²) in [6, 6.07) is 13.7. The Balaban J connectivity index is 2.48. The van der Waals surface area contributed by atoms with E-state index < -0.39 is 34.5 Å². The standard InChI is InChI=1S/C24H33FN4O4S/c1-5-16-26-24(31)21(6-2)28(17-19-12-8-7-9-13-19)23(30)18-29(34(32,33)27(3)4)22-15-11-10-14-20(22)25/h7-15,21H,5-6,16-18H2,1-4H3,(H,26,31). The Bertz CT molecular complexity index is 1060. The van der Waals surface area contributed by atoms with Gasteiger partial charge in [-0.15, -0.1) is 0 Å². The predicted octanol–water partition coefficient (Wildman–Crippen LogP) is 2.77. The highest BCUT2D eigenvalue weighted by atomic mass is 32.2. The molecule has 8 nitrogen and oxygen atoms in total. The SMILES string of the molecule is CCCNC(=O)C(CC)N(Cc1ccccc1)C(=O)CN(c1ccccc1F)S(=O)(=O)N(C)C. The fraction of sp³-hybridized carbons (Fsp3) is 0.417. The number of benzene rings is 2. The Hall–Kier alpha value is -2.98. The van der Waals surface area contributed by atoms with E-state index >= 15 is 0 Å². The van der Waals surface area contributed by atoms with Crippen molar-refractivity contribution in [2.45, 2.75) is 39.3 Å². The van der Waals surface area contributed by atoms with E-state index in [0.29, 0.717) is 13.0 Å². The van der Waals surface area contributed by atoms with Gasteiger partial charge in [0.2, 0.25) is 11.8 Å². The molecule has 34 heavy (non-hydrogen) atoms. The Morgan fingerprint density at radius 2 is 1.62 bits per heavy atom. The summed E-state index contributed by atoms with van der Waals surface area (Å²) >= 11 is 0. The van der Waals surface area contributed by atoms with Crippen LogP contribution in [0.5, 0.6) is 0 Å². The van der Waals surface area contributed by atoms with Crippen molar-refractivity contribution < 1.29 is 22.4 Å². The number of carbonyl (C=O) groups is 2. The van der Waals surface area contributed by atoms with Gasteiger partial charge in [0.1, 0.15) is 18.4 Å². The van der Waals surface area contributed by atoms with E-state index in [1.54, 1.807) is 6.92 Å². The number of nitrogens with zero attached hydrogens (tertiary/aromatic N) is 3. The number of nitrogens with one attached hydrogen (secondary N) is 1. The molecule has 1 unspecified atom stereocenters. The van der Waals surface area contributed by atoms with Gasteiger partial charge >= 0.3 is 10.2 Å². The van der Waals surface area contributed by atoms with Gasteiger partial charge in [-0.25, -0.2) is 8.70 Å². The molecule has 0 aliphatic rings. The largest absolute Gasteiger partial charge is 0.354 e. The van der Waals surface area contributed by atoms with Crippen LogP contribution in [-0.4, -0.2) is 62.7 Å². The van der Waals surface area contributed by atoms with Crippen molar-refractivity contribution in [3.63, 3.8) is 0 Å². The summed E-state index contributed by atoms with van der Waals surface area (Å²) in [6.07, 6.45) is 1.06. The van der Waals surface area contributed by atoms with Crippen LogP contribution in [0.1, 0.15) is 32.3 Å². The average Bonchev–Trinajstić information content (AvgIpc) is 2.81. The van der Waals surface area contributed by atoms with Gasteiger partial charge in [0.15, 0.2) is 0 Å². The van der Waals surface area contributed by atoms with E-state index in [1.165, 1.54) is 37.2 Å². The fourth-order valence-electron chi connectivity index (χ4n) is 3.42. The van der Waals surface area contributed by atoms with Crippen molar-refractivity contribution in [2.24, 2.45) is 0 Å². The first-order valence-corrected chi connectivity index (χ1v) is 12.6. The Labute approximate surface area is 201 Å². The van der Waals surface area contributed by atoms with E-state index in [0.717, 1.165) is 26.7 Å². The van der Waals surface area contributed by atoms with Gasteiger partial charge in [0, 0.05) is 27.2 Å². The van der Waals surface area contributed by atoms with Gasteiger partial charge < -0.3 is 10.2 Å². The molecule has 0 radical (unpaired) electrons. The number of anilines is 1. The molecule has 0 fully saturated rings. The predicted molar refractivity (Wildman–Crippen MR) is 131 cm³/mol. The molecule has 0 saturated carbocycles. The molecule has 0 heterocycles. The average molecular weight is 493 g/mol. The molecule has 2 rings (SSSR count). The lowest BCUT2D eigenvalue weighted by Crippen LogP contribution is -2.53. The quantitative estimate of drug-likeness (QED) is 0.493. The number of rotatable bonds is 12. The number of amides is 2. The van der Waals surface area contributed by atoms with Gasteiger partial charge in [0.05, 0.1) is 5.69 Å². The normalized spacial score (nSPS) is 12.3.